The second kappa shape index (κ2) is 11.0. The van der Waals surface area contributed by atoms with Crippen molar-refractivity contribution in [1.82, 2.24) is 5.32 Å². The summed E-state index contributed by atoms with van der Waals surface area (Å²) in [6.45, 7) is 5.58. The first kappa shape index (κ1) is 11.9. The van der Waals surface area contributed by atoms with Crippen LogP contribution < -0.4 is 5.32 Å². The Morgan fingerprint density at radius 2 is 2.25 bits per heavy atom. The van der Waals surface area contributed by atoms with Crippen LogP contribution in [0.5, 0.6) is 0 Å². The molecule has 0 aliphatic rings. The van der Waals surface area contributed by atoms with Crippen LogP contribution in [0.2, 0.25) is 0 Å². The molecule has 72 valence electrons. The van der Waals surface area contributed by atoms with Crippen LogP contribution in [0, 0.1) is 0 Å². The molecule has 3 heteroatoms. The second-order valence-corrected chi connectivity index (χ2v) is 2.69. The SMILES string of the molecule is CCOCCCNC/C=C/CCl. The van der Waals surface area contributed by atoms with E-state index in [-0.39, 0.29) is 0 Å². The molecule has 0 radical (unpaired) electrons. The lowest BCUT2D eigenvalue weighted by atomic mass is 10.4. The number of halogens is 1. The predicted octanol–water partition coefficient (Wildman–Crippen LogP) is 1.80. The average Bonchev–Trinajstić information content (AvgIpc) is 2.10. The molecule has 0 amide bonds. The molecule has 0 aromatic carbocycles. The van der Waals surface area contributed by atoms with Crippen molar-refractivity contribution in [1.29, 1.82) is 0 Å². The first-order valence-electron chi connectivity index (χ1n) is 4.41. The molecule has 0 rings (SSSR count). The summed E-state index contributed by atoms with van der Waals surface area (Å²) in [5, 5.41) is 3.25. The molecule has 1 N–H and O–H groups in total. The molecule has 0 fully saturated rings. The summed E-state index contributed by atoms with van der Waals surface area (Å²) in [5.74, 6) is 0.598. The molecule has 12 heavy (non-hydrogen) atoms. The van der Waals surface area contributed by atoms with E-state index in [1.165, 1.54) is 0 Å². The molecule has 0 saturated heterocycles. The molecule has 2 nitrogen and oxygen atoms in total. The van der Waals surface area contributed by atoms with Gasteiger partial charge in [-0.2, -0.15) is 0 Å². The summed E-state index contributed by atoms with van der Waals surface area (Å²) in [5.41, 5.74) is 0. The van der Waals surface area contributed by atoms with Crippen molar-refractivity contribution in [3.05, 3.63) is 12.2 Å². The quantitative estimate of drug-likeness (QED) is 0.359. The summed E-state index contributed by atoms with van der Waals surface area (Å²) in [4.78, 5) is 0. The number of hydrogen-bond donors (Lipinski definition) is 1. The van der Waals surface area contributed by atoms with Crippen LogP contribution >= 0.6 is 11.6 Å². The van der Waals surface area contributed by atoms with Crippen LogP contribution in [0.1, 0.15) is 13.3 Å². The minimum absolute atomic E-state index is 0.598. The van der Waals surface area contributed by atoms with Gasteiger partial charge in [0, 0.05) is 25.6 Å². The Hall–Kier alpha value is -0.0500. The van der Waals surface area contributed by atoms with E-state index in [4.69, 9.17) is 16.3 Å². The van der Waals surface area contributed by atoms with Gasteiger partial charge in [-0.15, -0.1) is 11.6 Å². The Morgan fingerprint density at radius 3 is 2.92 bits per heavy atom. The molecule has 0 aromatic rings. The topological polar surface area (TPSA) is 21.3 Å². The molecular weight excluding hydrogens is 174 g/mol. The van der Waals surface area contributed by atoms with Crippen LogP contribution in [0.3, 0.4) is 0 Å². The molecular formula is C9H18ClNO. The average molecular weight is 192 g/mol. The van der Waals surface area contributed by atoms with Crippen LogP contribution in [0.25, 0.3) is 0 Å². The molecule has 0 aliphatic carbocycles. The summed E-state index contributed by atoms with van der Waals surface area (Å²) >= 11 is 5.45. The molecule has 0 aliphatic heterocycles. The van der Waals surface area contributed by atoms with Gasteiger partial charge in [0.25, 0.3) is 0 Å². The fourth-order valence-electron chi connectivity index (χ4n) is 0.775. The van der Waals surface area contributed by atoms with E-state index >= 15 is 0 Å². The van der Waals surface area contributed by atoms with Gasteiger partial charge in [0.2, 0.25) is 0 Å². The largest absolute Gasteiger partial charge is 0.382 e. The summed E-state index contributed by atoms with van der Waals surface area (Å²) in [6.07, 6.45) is 5.05. The predicted molar refractivity (Wildman–Crippen MR) is 53.8 cm³/mol. The van der Waals surface area contributed by atoms with Crippen molar-refractivity contribution in [3.8, 4) is 0 Å². The molecule has 0 aromatic heterocycles. The molecule has 0 unspecified atom stereocenters. The Kier molecular flexibility index (Phi) is 10.9. The maximum Gasteiger partial charge on any atom is 0.0477 e. The fourth-order valence-corrected chi connectivity index (χ4v) is 0.901. The lowest BCUT2D eigenvalue weighted by Crippen LogP contribution is -2.16. The molecule has 0 bridgehead atoms. The highest BCUT2D eigenvalue weighted by atomic mass is 35.5. The molecule has 0 saturated carbocycles. The van der Waals surface area contributed by atoms with E-state index in [0.29, 0.717) is 5.88 Å². The van der Waals surface area contributed by atoms with E-state index < -0.39 is 0 Å². The number of hydrogen-bond acceptors (Lipinski definition) is 2. The third-order valence-electron chi connectivity index (χ3n) is 1.36. The van der Waals surface area contributed by atoms with Crippen LogP contribution in [0.4, 0.5) is 0 Å². The first-order valence-corrected chi connectivity index (χ1v) is 4.94. The van der Waals surface area contributed by atoms with Crippen molar-refractivity contribution in [3.63, 3.8) is 0 Å². The van der Waals surface area contributed by atoms with E-state index in [0.717, 1.165) is 32.7 Å². The number of nitrogens with one attached hydrogen (secondary N) is 1. The van der Waals surface area contributed by atoms with Crippen molar-refractivity contribution in [2.24, 2.45) is 0 Å². The highest BCUT2D eigenvalue weighted by molar-refractivity contribution is 6.18. The van der Waals surface area contributed by atoms with E-state index in [1.54, 1.807) is 0 Å². The van der Waals surface area contributed by atoms with Crippen molar-refractivity contribution < 1.29 is 4.74 Å². The Bertz CT molecular complexity index is 107. The third-order valence-corrected chi connectivity index (χ3v) is 1.54. The summed E-state index contributed by atoms with van der Waals surface area (Å²) in [7, 11) is 0. The van der Waals surface area contributed by atoms with Gasteiger partial charge in [-0.3, -0.25) is 0 Å². The number of allylic oxidation sites excluding steroid dienone is 1. The minimum Gasteiger partial charge on any atom is -0.382 e. The molecule has 0 spiro atoms. The van der Waals surface area contributed by atoms with E-state index in [1.807, 2.05) is 19.1 Å². The fraction of sp³-hybridized carbons (Fsp3) is 0.778. The van der Waals surface area contributed by atoms with Crippen LogP contribution in [0.15, 0.2) is 12.2 Å². The summed E-state index contributed by atoms with van der Waals surface area (Å²) in [6, 6.07) is 0. The highest BCUT2D eigenvalue weighted by Crippen LogP contribution is 1.80. The second-order valence-electron chi connectivity index (χ2n) is 2.38. The standard InChI is InChI=1S/C9H18ClNO/c1-2-12-9-5-8-11-7-4-3-6-10/h3-4,11H,2,5-9H2,1H3/b4-3+. The Morgan fingerprint density at radius 1 is 1.42 bits per heavy atom. The van der Waals surface area contributed by atoms with E-state index in [2.05, 4.69) is 5.32 Å². The summed E-state index contributed by atoms with van der Waals surface area (Å²) < 4.78 is 5.18. The van der Waals surface area contributed by atoms with Gasteiger partial charge < -0.3 is 10.1 Å². The van der Waals surface area contributed by atoms with Gasteiger partial charge in [0.1, 0.15) is 0 Å². The van der Waals surface area contributed by atoms with Crippen molar-refractivity contribution >= 4 is 11.6 Å². The van der Waals surface area contributed by atoms with E-state index in [9.17, 15) is 0 Å². The molecule has 0 atom stereocenters. The number of alkyl halides is 1. The third kappa shape index (κ3) is 9.95. The highest BCUT2D eigenvalue weighted by Gasteiger charge is 1.85. The first-order chi connectivity index (χ1) is 5.91. The Labute approximate surface area is 79.9 Å². The van der Waals surface area contributed by atoms with Gasteiger partial charge in [-0.1, -0.05) is 12.2 Å². The van der Waals surface area contributed by atoms with Crippen molar-refractivity contribution in [2.45, 2.75) is 13.3 Å². The maximum absolute atomic E-state index is 5.45. The maximum atomic E-state index is 5.45. The van der Waals surface area contributed by atoms with Crippen LogP contribution in [-0.2, 0) is 4.74 Å². The van der Waals surface area contributed by atoms with Gasteiger partial charge >= 0.3 is 0 Å². The lowest BCUT2D eigenvalue weighted by Gasteiger charge is -2.01. The van der Waals surface area contributed by atoms with Gasteiger partial charge in [-0.05, 0) is 19.9 Å². The van der Waals surface area contributed by atoms with Gasteiger partial charge in [-0.25, -0.2) is 0 Å². The van der Waals surface area contributed by atoms with Crippen molar-refractivity contribution in [2.75, 3.05) is 32.2 Å². The van der Waals surface area contributed by atoms with Gasteiger partial charge in [0.15, 0.2) is 0 Å². The lowest BCUT2D eigenvalue weighted by molar-refractivity contribution is 0.145. The zero-order valence-electron chi connectivity index (χ0n) is 7.68. The minimum atomic E-state index is 0.598. The normalized spacial score (nSPS) is 11.2. The Balaban J connectivity index is 2.86. The molecule has 0 heterocycles. The van der Waals surface area contributed by atoms with Gasteiger partial charge in [0.05, 0.1) is 0 Å². The van der Waals surface area contributed by atoms with Crippen LogP contribution in [-0.4, -0.2) is 32.2 Å². The zero-order valence-corrected chi connectivity index (χ0v) is 8.44. The zero-order chi connectivity index (χ0) is 9.07. The smallest absolute Gasteiger partial charge is 0.0477 e. The number of rotatable bonds is 8. The number of ether oxygens (including phenoxy) is 1. The monoisotopic (exact) mass is 191 g/mol.